The molecular weight excluding hydrogens is 222 g/mol. The third-order valence-electron chi connectivity index (χ3n) is 5.38. The molecule has 0 spiro atoms. The predicted octanol–water partition coefficient (Wildman–Crippen LogP) is 3.56. The first-order valence-corrected chi connectivity index (χ1v) is 7.98. The van der Waals surface area contributed by atoms with Gasteiger partial charge in [0.05, 0.1) is 6.61 Å². The van der Waals surface area contributed by atoms with Gasteiger partial charge in [0.25, 0.3) is 0 Å². The molecule has 2 saturated carbocycles. The molecule has 106 valence electrons. The van der Waals surface area contributed by atoms with E-state index in [0.717, 1.165) is 18.4 Å². The number of hydrogen-bond acceptors (Lipinski definition) is 2. The van der Waals surface area contributed by atoms with Crippen LogP contribution in [0.1, 0.15) is 52.4 Å². The van der Waals surface area contributed by atoms with Crippen LogP contribution in [0, 0.1) is 17.3 Å². The molecule has 0 heterocycles. The molecule has 0 amide bonds. The van der Waals surface area contributed by atoms with Gasteiger partial charge in [-0.2, -0.15) is 0 Å². The molecule has 0 aliphatic heterocycles. The summed E-state index contributed by atoms with van der Waals surface area (Å²) < 4.78 is 5.68. The van der Waals surface area contributed by atoms with E-state index < -0.39 is 0 Å². The predicted molar refractivity (Wildman–Crippen MR) is 76.8 cm³/mol. The van der Waals surface area contributed by atoms with Crippen LogP contribution in [0.4, 0.5) is 0 Å². The van der Waals surface area contributed by atoms with Gasteiger partial charge in [-0.25, -0.2) is 0 Å². The zero-order valence-corrected chi connectivity index (χ0v) is 12.6. The maximum Gasteiger partial charge on any atom is 0.0536 e. The Bertz CT molecular complexity index is 241. The van der Waals surface area contributed by atoms with Crippen LogP contribution < -0.4 is 0 Å². The van der Waals surface area contributed by atoms with Crippen molar-refractivity contribution in [2.45, 2.75) is 52.4 Å². The first kappa shape index (κ1) is 14.3. The minimum absolute atomic E-state index is 0.470. The number of hydrogen-bond donors (Lipinski definition) is 0. The molecule has 0 radical (unpaired) electrons. The molecule has 0 aromatic carbocycles. The Balaban J connectivity index is 2.12. The summed E-state index contributed by atoms with van der Waals surface area (Å²) in [6.07, 6.45) is 8.67. The number of methoxy groups -OCH3 is 1. The van der Waals surface area contributed by atoms with Crippen LogP contribution >= 0.6 is 0 Å². The molecule has 2 heteroatoms. The average Bonchev–Trinajstić information content (AvgIpc) is 3.10. The Hall–Kier alpha value is -0.0800. The van der Waals surface area contributed by atoms with Crippen molar-refractivity contribution < 1.29 is 4.74 Å². The van der Waals surface area contributed by atoms with Crippen LogP contribution in [0.2, 0.25) is 0 Å². The van der Waals surface area contributed by atoms with Gasteiger partial charge < -0.3 is 9.64 Å². The molecule has 0 saturated heterocycles. The Labute approximate surface area is 113 Å². The molecule has 0 bridgehead atoms. The van der Waals surface area contributed by atoms with E-state index in [4.69, 9.17) is 4.74 Å². The fraction of sp³-hybridized carbons (Fsp3) is 1.00. The van der Waals surface area contributed by atoms with Crippen molar-refractivity contribution in [1.82, 2.24) is 4.90 Å². The van der Waals surface area contributed by atoms with Gasteiger partial charge in [0.15, 0.2) is 0 Å². The average molecular weight is 253 g/mol. The molecule has 2 aliphatic carbocycles. The lowest BCUT2D eigenvalue weighted by molar-refractivity contribution is -0.0132. The monoisotopic (exact) mass is 253 g/mol. The zero-order valence-electron chi connectivity index (χ0n) is 12.6. The third-order valence-corrected chi connectivity index (χ3v) is 5.38. The lowest BCUT2D eigenvalue weighted by Gasteiger charge is -2.42. The van der Waals surface area contributed by atoms with Crippen molar-refractivity contribution in [1.29, 1.82) is 0 Å². The van der Waals surface area contributed by atoms with E-state index in [1.165, 1.54) is 58.2 Å². The normalized spacial score (nSPS) is 24.7. The molecule has 1 unspecified atom stereocenters. The molecular formula is C16H31NO. The second kappa shape index (κ2) is 6.38. The smallest absolute Gasteiger partial charge is 0.0536 e. The third kappa shape index (κ3) is 2.91. The first-order chi connectivity index (χ1) is 8.76. The van der Waals surface area contributed by atoms with E-state index in [9.17, 15) is 0 Å². The Morgan fingerprint density at radius 3 is 2.00 bits per heavy atom. The summed E-state index contributed by atoms with van der Waals surface area (Å²) in [5.74, 6) is 1.87. The first-order valence-electron chi connectivity index (χ1n) is 7.98. The molecule has 2 rings (SSSR count). The number of nitrogens with zero attached hydrogens (tertiary/aromatic N) is 1. The fourth-order valence-electron chi connectivity index (χ4n) is 4.16. The van der Waals surface area contributed by atoms with Gasteiger partial charge in [-0.05, 0) is 50.6 Å². The quantitative estimate of drug-likeness (QED) is 0.656. The fourth-order valence-corrected chi connectivity index (χ4v) is 4.16. The highest BCUT2D eigenvalue weighted by molar-refractivity contribution is 5.01. The van der Waals surface area contributed by atoms with Crippen molar-refractivity contribution in [3.05, 3.63) is 0 Å². The molecule has 18 heavy (non-hydrogen) atoms. The van der Waals surface area contributed by atoms with Crippen LogP contribution in [0.3, 0.4) is 0 Å². The van der Waals surface area contributed by atoms with Crippen molar-refractivity contribution in [2.75, 3.05) is 33.4 Å². The molecule has 0 N–H and O–H groups in total. The van der Waals surface area contributed by atoms with Crippen LogP contribution in [-0.2, 0) is 4.74 Å². The van der Waals surface area contributed by atoms with E-state index in [1.807, 2.05) is 7.11 Å². The molecule has 0 aromatic rings. The van der Waals surface area contributed by atoms with Crippen LogP contribution in [-0.4, -0.2) is 38.3 Å². The van der Waals surface area contributed by atoms with E-state index in [1.54, 1.807) is 0 Å². The highest BCUT2D eigenvalue weighted by Gasteiger charge is 2.51. The van der Waals surface area contributed by atoms with Crippen LogP contribution in [0.25, 0.3) is 0 Å². The van der Waals surface area contributed by atoms with Crippen molar-refractivity contribution in [3.8, 4) is 0 Å². The highest BCUT2D eigenvalue weighted by atomic mass is 16.5. The second-order valence-electron chi connectivity index (χ2n) is 6.38. The van der Waals surface area contributed by atoms with Crippen molar-refractivity contribution >= 4 is 0 Å². The van der Waals surface area contributed by atoms with Gasteiger partial charge >= 0.3 is 0 Å². The van der Waals surface area contributed by atoms with E-state index >= 15 is 0 Å². The van der Waals surface area contributed by atoms with Gasteiger partial charge in [0, 0.05) is 19.1 Å². The molecule has 2 aliphatic rings. The minimum Gasteiger partial charge on any atom is -0.384 e. The van der Waals surface area contributed by atoms with Gasteiger partial charge in [0.2, 0.25) is 0 Å². The molecule has 0 aromatic heterocycles. The SMILES string of the molecule is CCN(CC)CC(COC)(C1CCCC1)C1CC1. The zero-order chi connectivity index (χ0) is 13.0. The van der Waals surface area contributed by atoms with Gasteiger partial charge in [0.1, 0.15) is 0 Å². The largest absolute Gasteiger partial charge is 0.384 e. The summed E-state index contributed by atoms with van der Waals surface area (Å²) in [7, 11) is 1.90. The molecule has 1 atom stereocenters. The Morgan fingerprint density at radius 1 is 1.00 bits per heavy atom. The maximum atomic E-state index is 5.68. The summed E-state index contributed by atoms with van der Waals surface area (Å²) in [5.41, 5.74) is 0.470. The maximum absolute atomic E-state index is 5.68. The van der Waals surface area contributed by atoms with Crippen LogP contribution in [0.5, 0.6) is 0 Å². The number of ether oxygens (including phenoxy) is 1. The minimum atomic E-state index is 0.470. The topological polar surface area (TPSA) is 12.5 Å². The Morgan fingerprint density at radius 2 is 1.56 bits per heavy atom. The molecule has 2 fully saturated rings. The van der Waals surface area contributed by atoms with E-state index in [0.29, 0.717) is 5.41 Å². The summed E-state index contributed by atoms with van der Waals surface area (Å²) in [4.78, 5) is 2.62. The lowest BCUT2D eigenvalue weighted by Crippen LogP contribution is -2.46. The van der Waals surface area contributed by atoms with Crippen LogP contribution in [0.15, 0.2) is 0 Å². The van der Waals surface area contributed by atoms with Crippen molar-refractivity contribution in [3.63, 3.8) is 0 Å². The van der Waals surface area contributed by atoms with E-state index in [-0.39, 0.29) is 0 Å². The van der Waals surface area contributed by atoms with Gasteiger partial charge in [-0.1, -0.05) is 26.7 Å². The summed E-state index contributed by atoms with van der Waals surface area (Å²) in [6, 6.07) is 0. The van der Waals surface area contributed by atoms with Gasteiger partial charge in [-0.15, -0.1) is 0 Å². The molecule has 2 nitrogen and oxygen atoms in total. The van der Waals surface area contributed by atoms with Crippen molar-refractivity contribution in [2.24, 2.45) is 17.3 Å². The summed E-state index contributed by atoms with van der Waals surface area (Å²) in [6.45, 7) is 9.20. The van der Waals surface area contributed by atoms with Gasteiger partial charge in [-0.3, -0.25) is 0 Å². The lowest BCUT2D eigenvalue weighted by atomic mass is 9.70. The highest BCUT2D eigenvalue weighted by Crippen LogP contribution is 2.54. The number of rotatable bonds is 8. The summed E-state index contributed by atoms with van der Waals surface area (Å²) >= 11 is 0. The standard InChI is InChI=1S/C16H31NO/c1-4-17(5-2)12-16(13-18-3,15-10-11-15)14-8-6-7-9-14/h14-15H,4-13H2,1-3H3. The van der Waals surface area contributed by atoms with E-state index in [2.05, 4.69) is 18.7 Å². The second-order valence-corrected chi connectivity index (χ2v) is 6.38. The Kier molecular flexibility index (Phi) is 5.08. The summed E-state index contributed by atoms with van der Waals surface area (Å²) in [5, 5.41) is 0.